The second-order valence-corrected chi connectivity index (χ2v) is 4.13. The SMILES string of the molecule is CCCc1c(NC)ncnc1-c1cnn(CC)c1. The molecule has 0 saturated carbocycles. The molecule has 5 nitrogen and oxygen atoms in total. The van der Waals surface area contributed by atoms with E-state index in [2.05, 4.69) is 34.2 Å². The first-order valence-corrected chi connectivity index (χ1v) is 6.34. The average Bonchev–Trinajstić information content (AvgIpc) is 2.88. The third kappa shape index (κ3) is 2.34. The molecule has 0 aliphatic carbocycles. The van der Waals surface area contributed by atoms with Crippen molar-refractivity contribution in [2.75, 3.05) is 12.4 Å². The predicted octanol–water partition coefficient (Wildman–Crippen LogP) is 2.35. The van der Waals surface area contributed by atoms with E-state index in [1.165, 1.54) is 0 Å². The third-order valence-electron chi connectivity index (χ3n) is 2.91. The Morgan fingerprint density at radius 1 is 1.28 bits per heavy atom. The quantitative estimate of drug-likeness (QED) is 0.878. The fourth-order valence-electron chi connectivity index (χ4n) is 2.02. The monoisotopic (exact) mass is 245 g/mol. The van der Waals surface area contributed by atoms with Crippen molar-refractivity contribution in [2.45, 2.75) is 33.2 Å². The summed E-state index contributed by atoms with van der Waals surface area (Å²) in [5.74, 6) is 0.908. The lowest BCUT2D eigenvalue weighted by molar-refractivity contribution is 0.660. The second-order valence-electron chi connectivity index (χ2n) is 4.13. The summed E-state index contributed by atoms with van der Waals surface area (Å²) in [7, 11) is 1.89. The lowest BCUT2D eigenvalue weighted by Crippen LogP contribution is -2.02. The molecule has 5 heteroatoms. The molecule has 0 atom stereocenters. The Labute approximate surface area is 107 Å². The molecule has 0 saturated heterocycles. The number of anilines is 1. The summed E-state index contributed by atoms with van der Waals surface area (Å²) in [4.78, 5) is 8.70. The highest BCUT2D eigenvalue weighted by Crippen LogP contribution is 2.26. The predicted molar refractivity (Wildman–Crippen MR) is 72.5 cm³/mol. The van der Waals surface area contributed by atoms with Crippen LogP contribution in [0.4, 0.5) is 5.82 Å². The van der Waals surface area contributed by atoms with E-state index in [-0.39, 0.29) is 0 Å². The minimum atomic E-state index is 0.868. The second kappa shape index (κ2) is 5.62. The molecule has 96 valence electrons. The Hall–Kier alpha value is -1.91. The number of aromatic nitrogens is 4. The zero-order chi connectivity index (χ0) is 13.0. The maximum absolute atomic E-state index is 4.42. The van der Waals surface area contributed by atoms with Gasteiger partial charge >= 0.3 is 0 Å². The molecule has 0 amide bonds. The molecule has 0 unspecified atom stereocenters. The maximum atomic E-state index is 4.42. The van der Waals surface area contributed by atoms with Crippen LogP contribution in [0.15, 0.2) is 18.7 Å². The Balaban J connectivity index is 2.48. The fourth-order valence-corrected chi connectivity index (χ4v) is 2.02. The van der Waals surface area contributed by atoms with Crippen molar-refractivity contribution in [3.8, 4) is 11.3 Å². The molecule has 0 spiro atoms. The number of rotatable bonds is 5. The molecule has 2 aromatic rings. The summed E-state index contributed by atoms with van der Waals surface area (Å²) in [6.45, 7) is 5.10. The summed E-state index contributed by atoms with van der Waals surface area (Å²) >= 11 is 0. The summed E-state index contributed by atoms with van der Waals surface area (Å²) in [6, 6.07) is 0. The molecule has 2 heterocycles. The van der Waals surface area contributed by atoms with Gasteiger partial charge in [-0.25, -0.2) is 9.97 Å². The molecule has 2 aromatic heterocycles. The van der Waals surface area contributed by atoms with Gasteiger partial charge in [-0.3, -0.25) is 4.68 Å². The van der Waals surface area contributed by atoms with Crippen molar-refractivity contribution < 1.29 is 0 Å². The molecule has 0 aliphatic heterocycles. The molecule has 0 aromatic carbocycles. The minimum absolute atomic E-state index is 0.868. The average molecular weight is 245 g/mol. The molecule has 1 N–H and O–H groups in total. The first kappa shape index (κ1) is 12.5. The number of hydrogen-bond acceptors (Lipinski definition) is 4. The molecular formula is C13H19N5. The van der Waals surface area contributed by atoms with Crippen LogP contribution in [0.5, 0.6) is 0 Å². The van der Waals surface area contributed by atoms with Gasteiger partial charge in [0.15, 0.2) is 0 Å². The van der Waals surface area contributed by atoms with Gasteiger partial charge in [0, 0.05) is 30.9 Å². The van der Waals surface area contributed by atoms with E-state index >= 15 is 0 Å². The van der Waals surface area contributed by atoms with Gasteiger partial charge in [-0.05, 0) is 13.3 Å². The van der Waals surface area contributed by atoms with Gasteiger partial charge in [-0.1, -0.05) is 13.3 Å². The van der Waals surface area contributed by atoms with Crippen molar-refractivity contribution in [3.05, 3.63) is 24.3 Å². The lowest BCUT2D eigenvalue weighted by Gasteiger charge is -2.10. The van der Waals surface area contributed by atoms with Crippen LogP contribution in [0.2, 0.25) is 0 Å². The van der Waals surface area contributed by atoms with Crippen LogP contribution in [0.25, 0.3) is 11.3 Å². The zero-order valence-corrected chi connectivity index (χ0v) is 11.1. The standard InChI is InChI=1S/C13H19N5/c1-4-6-11-12(15-9-16-13(11)14-3)10-7-17-18(5-2)8-10/h7-9H,4-6H2,1-3H3,(H,14,15,16). The van der Waals surface area contributed by atoms with Gasteiger partial charge < -0.3 is 5.32 Å². The molecule has 18 heavy (non-hydrogen) atoms. The van der Waals surface area contributed by atoms with Crippen LogP contribution < -0.4 is 5.32 Å². The largest absolute Gasteiger partial charge is 0.373 e. The van der Waals surface area contributed by atoms with Crippen molar-refractivity contribution in [3.63, 3.8) is 0 Å². The van der Waals surface area contributed by atoms with Crippen molar-refractivity contribution in [1.82, 2.24) is 19.7 Å². The molecule has 0 radical (unpaired) electrons. The summed E-state index contributed by atoms with van der Waals surface area (Å²) in [6.07, 6.45) is 7.52. The van der Waals surface area contributed by atoms with Crippen LogP contribution in [0.1, 0.15) is 25.8 Å². The van der Waals surface area contributed by atoms with Crippen LogP contribution >= 0.6 is 0 Å². The van der Waals surface area contributed by atoms with E-state index in [4.69, 9.17) is 0 Å². The molecular weight excluding hydrogens is 226 g/mol. The highest BCUT2D eigenvalue weighted by atomic mass is 15.3. The Bertz CT molecular complexity index is 518. The molecule has 0 aliphatic rings. The van der Waals surface area contributed by atoms with Crippen LogP contribution in [-0.4, -0.2) is 26.8 Å². The fraction of sp³-hybridized carbons (Fsp3) is 0.462. The Kier molecular flexibility index (Phi) is 3.92. The van der Waals surface area contributed by atoms with Gasteiger partial charge in [0.25, 0.3) is 0 Å². The Morgan fingerprint density at radius 2 is 2.11 bits per heavy atom. The summed E-state index contributed by atoms with van der Waals surface area (Å²) in [5.41, 5.74) is 3.20. The minimum Gasteiger partial charge on any atom is -0.373 e. The lowest BCUT2D eigenvalue weighted by atomic mass is 10.1. The number of nitrogens with one attached hydrogen (secondary N) is 1. The molecule has 2 rings (SSSR count). The van der Waals surface area contributed by atoms with Gasteiger partial charge in [-0.15, -0.1) is 0 Å². The van der Waals surface area contributed by atoms with Gasteiger partial charge in [0.05, 0.1) is 11.9 Å². The number of aryl methyl sites for hydroxylation is 1. The number of nitrogens with zero attached hydrogens (tertiary/aromatic N) is 4. The highest BCUT2D eigenvalue weighted by molar-refractivity contribution is 5.67. The van der Waals surface area contributed by atoms with E-state index in [0.29, 0.717) is 0 Å². The highest BCUT2D eigenvalue weighted by Gasteiger charge is 2.12. The smallest absolute Gasteiger partial charge is 0.132 e. The topological polar surface area (TPSA) is 55.6 Å². The van der Waals surface area contributed by atoms with Gasteiger partial charge in [0.2, 0.25) is 0 Å². The first-order chi connectivity index (χ1) is 8.80. The van der Waals surface area contributed by atoms with Crippen LogP contribution in [0.3, 0.4) is 0 Å². The first-order valence-electron chi connectivity index (χ1n) is 6.34. The molecule has 0 fully saturated rings. The van der Waals surface area contributed by atoms with E-state index in [0.717, 1.165) is 42.0 Å². The van der Waals surface area contributed by atoms with E-state index < -0.39 is 0 Å². The zero-order valence-electron chi connectivity index (χ0n) is 11.1. The third-order valence-corrected chi connectivity index (χ3v) is 2.91. The van der Waals surface area contributed by atoms with Crippen molar-refractivity contribution >= 4 is 5.82 Å². The van der Waals surface area contributed by atoms with E-state index in [9.17, 15) is 0 Å². The number of hydrogen-bond donors (Lipinski definition) is 1. The normalized spacial score (nSPS) is 10.6. The van der Waals surface area contributed by atoms with Crippen LogP contribution in [-0.2, 0) is 13.0 Å². The van der Waals surface area contributed by atoms with Crippen molar-refractivity contribution in [2.24, 2.45) is 0 Å². The van der Waals surface area contributed by atoms with Gasteiger partial charge in [-0.2, -0.15) is 5.10 Å². The summed E-state index contributed by atoms with van der Waals surface area (Å²) < 4.78 is 1.91. The molecule has 0 bridgehead atoms. The maximum Gasteiger partial charge on any atom is 0.132 e. The van der Waals surface area contributed by atoms with Crippen molar-refractivity contribution in [1.29, 1.82) is 0 Å². The van der Waals surface area contributed by atoms with E-state index in [1.54, 1.807) is 6.33 Å². The Morgan fingerprint density at radius 3 is 2.72 bits per heavy atom. The van der Waals surface area contributed by atoms with E-state index in [1.807, 2.05) is 24.1 Å². The van der Waals surface area contributed by atoms with Crippen LogP contribution in [0, 0.1) is 0 Å². The van der Waals surface area contributed by atoms with Gasteiger partial charge in [0.1, 0.15) is 12.1 Å². The summed E-state index contributed by atoms with van der Waals surface area (Å²) in [5, 5.41) is 7.44.